The predicted octanol–water partition coefficient (Wildman–Crippen LogP) is 0.875. The van der Waals surface area contributed by atoms with Crippen molar-refractivity contribution in [3.8, 4) is 6.07 Å². The first-order valence-corrected chi connectivity index (χ1v) is 8.15. The fourth-order valence-corrected chi connectivity index (χ4v) is 2.42. The Bertz CT molecular complexity index is 826. The number of rotatable bonds is 6. The van der Waals surface area contributed by atoms with Crippen molar-refractivity contribution in [2.24, 2.45) is 5.92 Å². The summed E-state index contributed by atoms with van der Waals surface area (Å²) < 4.78 is 0. The van der Waals surface area contributed by atoms with Crippen LogP contribution in [-0.2, 0) is 0 Å². The highest BCUT2D eigenvalue weighted by Crippen LogP contribution is 2.14. The van der Waals surface area contributed by atoms with Crippen LogP contribution in [0, 0.1) is 17.2 Å². The van der Waals surface area contributed by atoms with Gasteiger partial charge < -0.3 is 15.4 Å². The summed E-state index contributed by atoms with van der Waals surface area (Å²) in [6.45, 7) is 3.48. The molecule has 0 saturated carbocycles. The minimum Gasteiger partial charge on any atom is -0.423 e. The van der Waals surface area contributed by atoms with Crippen molar-refractivity contribution in [1.82, 2.24) is 5.32 Å². The number of hydrogen-bond donors (Lipinski definition) is 3. The van der Waals surface area contributed by atoms with Gasteiger partial charge in [-0.05, 0) is 36.7 Å². The Kier molecular flexibility index (Phi) is 6.28. The van der Waals surface area contributed by atoms with Crippen LogP contribution in [0.1, 0.15) is 40.1 Å². The van der Waals surface area contributed by atoms with Gasteiger partial charge in [-0.25, -0.2) is 0 Å². The van der Waals surface area contributed by atoms with E-state index in [4.69, 9.17) is 15.3 Å². The van der Waals surface area contributed by atoms with Crippen LogP contribution in [-0.4, -0.2) is 34.9 Å². The summed E-state index contributed by atoms with van der Waals surface area (Å²) in [5, 5.41) is 29.7. The maximum absolute atomic E-state index is 12.5. The molecule has 1 amide bonds. The van der Waals surface area contributed by atoms with Crippen molar-refractivity contribution in [3.63, 3.8) is 0 Å². The fraction of sp³-hybridized carbons (Fsp3) is 0.211. The minimum absolute atomic E-state index is 0.124. The molecular formula is C19H19BN2O4. The Morgan fingerprint density at radius 3 is 2.04 bits per heavy atom. The molecule has 132 valence electrons. The van der Waals surface area contributed by atoms with Crippen LogP contribution in [0.15, 0.2) is 48.5 Å². The number of amides is 1. The predicted molar refractivity (Wildman–Crippen MR) is 97.8 cm³/mol. The van der Waals surface area contributed by atoms with Crippen molar-refractivity contribution < 1.29 is 19.6 Å². The molecule has 0 aliphatic rings. The van der Waals surface area contributed by atoms with Crippen molar-refractivity contribution in [3.05, 3.63) is 65.2 Å². The van der Waals surface area contributed by atoms with Gasteiger partial charge in [0.2, 0.25) is 0 Å². The molecule has 0 heterocycles. The van der Waals surface area contributed by atoms with Gasteiger partial charge in [-0.2, -0.15) is 5.26 Å². The molecule has 0 aliphatic carbocycles. The second-order valence-corrected chi connectivity index (χ2v) is 6.10. The highest BCUT2D eigenvalue weighted by molar-refractivity contribution is 6.58. The van der Waals surface area contributed by atoms with E-state index in [9.17, 15) is 9.59 Å². The van der Waals surface area contributed by atoms with E-state index in [0.717, 1.165) is 0 Å². The van der Waals surface area contributed by atoms with Gasteiger partial charge in [-0.15, -0.1) is 0 Å². The van der Waals surface area contributed by atoms with Crippen LogP contribution in [0.2, 0.25) is 0 Å². The van der Waals surface area contributed by atoms with E-state index in [1.54, 1.807) is 38.1 Å². The molecule has 2 rings (SSSR count). The lowest BCUT2D eigenvalue weighted by molar-refractivity contribution is 0.0868. The first-order valence-electron chi connectivity index (χ1n) is 8.15. The zero-order valence-electron chi connectivity index (χ0n) is 14.5. The Balaban J connectivity index is 2.02. The largest absolute Gasteiger partial charge is 0.488 e. The van der Waals surface area contributed by atoms with E-state index >= 15 is 0 Å². The van der Waals surface area contributed by atoms with E-state index < -0.39 is 19.1 Å². The number of benzene rings is 2. The van der Waals surface area contributed by atoms with E-state index in [1.807, 2.05) is 6.07 Å². The second-order valence-electron chi connectivity index (χ2n) is 6.10. The average molecular weight is 350 g/mol. The van der Waals surface area contributed by atoms with Crippen molar-refractivity contribution in [2.75, 3.05) is 0 Å². The van der Waals surface area contributed by atoms with E-state index in [1.165, 1.54) is 24.3 Å². The topological polar surface area (TPSA) is 110 Å². The third-order valence-electron chi connectivity index (χ3n) is 4.29. The monoisotopic (exact) mass is 350 g/mol. The molecule has 0 spiro atoms. The van der Waals surface area contributed by atoms with Gasteiger partial charge in [-0.1, -0.05) is 31.2 Å². The minimum atomic E-state index is -1.59. The van der Waals surface area contributed by atoms with E-state index in [-0.39, 0.29) is 11.7 Å². The summed E-state index contributed by atoms with van der Waals surface area (Å²) in [7, 11) is -1.59. The van der Waals surface area contributed by atoms with E-state index in [0.29, 0.717) is 22.2 Å². The summed E-state index contributed by atoms with van der Waals surface area (Å²) in [6.07, 6.45) is 0. The summed E-state index contributed by atoms with van der Waals surface area (Å²) in [4.78, 5) is 24.8. The quantitative estimate of drug-likeness (QED) is 0.529. The molecule has 2 aromatic rings. The van der Waals surface area contributed by atoms with E-state index in [2.05, 4.69) is 5.32 Å². The lowest BCUT2D eigenvalue weighted by atomic mass is 9.80. The molecule has 6 nitrogen and oxygen atoms in total. The van der Waals surface area contributed by atoms with Crippen LogP contribution in [0.5, 0.6) is 0 Å². The standard InChI is InChI=1S/C19H19BN2O4/c1-12(18(23)15-5-3-14(11-21)4-6-15)13(2)22-19(24)16-7-9-17(10-8-16)20(25)26/h3-10,12-13,25-26H,1-2H3,(H,22,24). The number of carbonyl (C=O) groups is 2. The molecule has 0 aliphatic heterocycles. The molecule has 3 N–H and O–H groups in total. The van der Waals surface area contributed by atoms with Gasteiger partial charge in [0.25, 0.3) is 5.91 Å². The Hall–Kier alpha value is -2.95. The summed E-state index contributed by atoms with van der Waals surface area (Å²) in [5.41, 5.74) is 1.61. The molecule has 0 bridgehead atoms. The summed E-state index contributed by atoms with van der Waals surface area (Å²) in [5.74, 6) is -0.928. The van der Waals surface area contributed by atoms with Gasteiger partial charge in [0.05, 0.1) is 11.6 Å². The number of nitrogens with zero attached hydrogens (tertiary/aromatic N) is 1. The SMILES string of the molecule is CC(NC(=O)c1ccc(B(O)O)cc1)C(C)C(=O)c1ccc(C#N)cc1. The van der Waals surface area contributed by atoms with Crippen LogP contribution in [0.4, 0.5) is 0 Å². The molecule has 0 aromatic heterocycles. The maximum Gasteiger partial charge on any atom is 0.488 e. The molecule has 2 aromatic carbocycles. The molecule has 0 radical (unpaired) electrons. The van der Waals surface area contributed by atoms with Gasteiger partial charge in [0.1, 0.15) is 0 Å². The highest BCUT2D eigenvalue weighted by atomic mass is 16.4. The molecule has 0 fully saturated rings. The third kappa shape index (κ3) is 4.57. The fourth-order valence-electron chi connectivity index (χ4n) is 2.42. The van der Waals surface area contributed by atoms with Crippen molar-refractivity contribution in [2.45, 2.75) is 19.9 Å². The summed E-state index contributed by atoms with van der Waals surface area (Å²) in [6, 6.07) is 13.9. The van der Waals surface area contributed by atoms with Crippen molar-refractivity contribution >= 4 is 24.3 Å². The Morgan fingerprint density at radius 2 is 1.54 bits per heavy atom. The zero-order chi connectivity index (χ0) is 19.3. The van der Waals surface area contributed by atoms with Crippen molar-refractivity contribution in [1.29, 1.82) is 5.26 Å². The molecule has 2 unspecified atom stereocenters. The lowest BCUT2D eigenvalue weighted by Crippen LogP contribution is -2.40. The van der Waals surface area contributed by atoms with Gasteiger partial charge in [0, 0.05) is 23.1 Å². The van der Waals surface area contributed by atoms with Crippen LogP contribution in [0.25, 0.3) is 0 Å². The number of hydrogen-bond acceptors (Lipinski definition) is 5. The molecule has 0 saturated heterocycles. The van der Waals surface area contributed by atoms with Crippen LogP contribution >= 0.6 is 0 Å². The first-order chi connectivity index (χ1) is 12.3. The highest BCUT2D eigenvalue weighted by Gasteiger charge is 2.23. The molecule has 7 heteroatoms. The number of nitrogens with one attached hydrogen (secondary N) is 1. The van der Waals surface area contributed by atoms with Gasteiger partial charge in [-0.3, -0.25) is 9.59 Å². The Labute approximate surface area is 152 Å². The first kappa shape index (κ1) is 19.4. The summed E-state index contributed by atoms with van der Waals surface area (Å²) >= 11 is 0. The number of ketones is 1. The van der Waals surface area contributed by atoms with Gasteiger partial charge in [0.15, 0.2) is 5.78 Å². The zero-order valence-corrected chi connectivity index (χ0v) is 14.5. The molecule has 2 atom stereocenters. The van der Waals surface area contributed by atoms with Gasteiger partial charge >= 0.3 is 7.12 Å². The lowest BCUT2D eigenvalue weighted by Gasteiger charge is -2.20. The third-order valence-corrected chi connectivity index (χ3v) is 4.29. The van der Waals surface area contributed by atoms with Crippen LogP contribution in [0.3, 0.4) is 0 Å². The number of nitriles is 1. The Morgan fingerprint density at radius 1 is 1.00 bits per heavy atom. The smallest absolute Gasteiger partial charge is 0.423 e. The maximum atomic E-state index is 12.5. The molecular weight excluding hydrogens is 331 g/mol. The normalized spacial score (nSPS) is 12.6. The average Bonchev–Trinajstić information content (AvgIpc) is 2.66. The van der Waals surface area contributed by atoms with Crippen LogP contribution < -0.4 is 10.8 Å². The second kappa shape index (κ2) is 8.43. The molecule has 26 heavy (non-hydrogen) atoms. The number of Topliss-reactive ketones (excluding diaryl/α,β-unsaturated/α-hetero) is 1. The number of carbonyl (C=O) groups excluding carboxylic acids is 2.